The van der Waals surface area contributed by atoms with E-state index in [0.29, 0.717) is 12.4 Å². The van der Waals surface area contributed by atoms with Crippen LogP contribution in [-0.2, 0) is 4.79 Å². The van der Waals surface area contributed by atoms with Gasteiger partial charge in [0.2, 0.25) is 11.9 Å². The van der Waals surface area contributed by atoms with E-state index in [1.807, 2.05) is 48.2 Å². The SMILES string of the molecule is Cc1cc(NCCCN2CCCC2=O)nc(Nc2ccccc2)n1. The molecule has 2 N–H and O–H groups in total. The minimum atomic E-state index is 0.280. The summed E-state index contributed by atoms with van der Waals surface area (Å²) < 4.78 is 0. The Morgan fingerprint density at radius 2 is 2.04 bits per heavy atom. The minimum Gasteiger partial charge on any atom is -0.370 e. The number of rotatable bonds is 7. The molecule has 126 valence electrons. The van der Waals surface area contributed by atoms with Crippen molar-refractivity contribution in [3.8, 4) is 0 Å². The Labute approximate surface area is 142 Å². The van der Waals surface area contributed by atoms with Crippen molar-refractivity contribution >= 4 is 23.4 Å². The molecule has 0 saturated carbocycles. The molecule has 0 atom stereocenters. The molecule has 6 heteroatoms. The second kappa shape index (κ2) is 7.77. The zero-order valence-electron chi connectivity index (χ0n) is 14.0. The third-order valence-electron chi connectivity index (χ3n) is 3.97. The fourth-order valence-corrected chi connectivity index (χ4v) is 2.79. The van der Waals surface area contributed by atoms with E-state index in [2.05, 4.69) is 20.6 Å². The van der Waals surface area contributed by atoms with Crippen molar-refractivity contribution in [1.82, 2.24) is 14.9 Å². The first-order valence-electron chi connectivity index (χ1n) is 8.40. The lowest BCUT2D eigenvalue weighted by Gasteiger charge is -2.15. The maximum atomic E-state index is 11.6. The van der Waals surface area contributed by atoms with Crippen molar-refractivity contribution in [3.63, 3.8) is 0 Å². The molecule has 1 amide bonds. The third-order valence-corrected chi connectivity index (χ3v) is 3.97. The maximum absolute atomic E-state index is 11.6. The van der Waals surface area contributed by atoms with Gasteiger partial charge in [0, 0.05) is 43.5 Å². The normalized spacial score (nSPS) is 14.0. The van der Waals surface area contributed by atoms with E-state index in [1.54, 1.807) is 0 Å². The summed E-state index contributed by atoms with van der Waals surface area (Å²) in [4.78, 5) is 22.4. The van der Waals surface area contributed by atoms with Crippen LogP contribution < -0.4 is 10.6 Å². The molecular formula is C18H23N5O. The van der Waals surface area contributed by atoms with Gasteiger partial charge in [0.15, 0.2) is 0 Å². The molecule has 0 radical (unpaired) electrons. The van der Waals surface area contributed by atoms with Crippen LogP contribution in [-0.4, -0.2) is 40.4 Å². The fourth-order valence-electron chi connectivity index (χ4n) is 2.79. The van der Waals surface area contributed by atoms with E-state index < -0.39 is 0 Å². The average Bonchev–Trinajstić information content (AvgIpc) is 2.97. The topological polar surface area (TPSA) is 70.2 Å². The molecule has 1 aliphatic heterocycles. The van der Waals surface area contributed by atoms with E-state index in [4.69, 9.17) is 0 Å². The summed E-state index contributed by atoms with van der Waals surface area (Å²) in [6, 6.07) is 11.8. The highest BCUT2D eigenvalue weighted by atomic mass is 16.2. The summed E-state index contributed by atoms with van der Waals surface area (Å²) >= 11 is 0. The van der Waals surface area contributed by atoms with Gasteiger partial charge < -0.3 is 15.5 Å². The van der Waals surface area contributed by atoms with E-state index in [1.165, 1.54) is 0 Å². The largest absolute Gasteiger partial charge is 0.370 e. The summed E-state index contributed by atoms with van der Waals surface area (Å²) in [7, 11) is 0. The van der Waals surface area contributed by atoms with Gasteiger partial charge in [-0.25, -0.2) is 4.98 Å². The summed E-state index contributed by atoms with van der Waals surface area (Å²) in [6.07, 6.45) is 2.61. The van der Waals surface area contributed by atoms with E-state index in [9.17, 15) is 4.79 Å². The molecule has 2 aromatic rings. The number of benzene rings is 1. The van der Waals surface area contributed by atoms with Crippen LogP contribution in [0.25, 0.3) is 0 Å². The van der Waals surface area contributed by atoms with Gasteiger partial charge in [0.25, 0.3) is 0 Å². The van der Waals surface area contributed by atoms with Gasteiger partial charge in [-0.05, 0) is 31.9 Å². The number of aryl methyl sites for hydroxylation is 1. The van der Waals surface area contributed by atoms with Crippen LogP contribution in [0.4, 0.5) is 17.5 Å². The first-order chi connectivity index (χ1) is 11.7. The molecule has 0 unspecified atom stereocenters. The molecule has 3 rings (SSSR count). The Hall–Kier alpha value is -2.63. The van der Waals surface area contributed by atoms with E-state index >= 15 is 0 Å². The lowest BCUT2D eigenvalue weighted by atomic mass is 10.3. The van der Waals surface area contributed by atoms with Crippen LogP contribution in [0.15, 0.2) is 36.4 Å². The van der Waals surface area contributed by atoms with Gasteiger partial charge in [-0.1, -0.05) is 18.2 Å². The van der Waals surface area contributed by atoms with E-state index in [0.717, 1.165) is 49.7 Å². The Morgan fingerprint density at radius 3 is 2.79 bits per heavy atom. The monoisotopic (exact) mass is 325 g/mol. The number of carbonyl (C=O) groups excluding carboxylic acids is 1. The van der Waals surface area contributed by atoms with Crippen LogP contribution in [0.2, 0.25) is 0 Å². The molecule has 1 aromatic heterocycles. The number of amides is 1. The smallest absolute Gasteiger partial charge is 0.229 e. The quantitative estimate of drug-likeness (QED) is 0.766. The predicted molar refractivity (Wildman–Crippen MR) is 95.4 cm³/mol. The summed E-state index contributed by atoms with van der Waals surface area (Å²) in [5.74, 6) is 1.66. The minimum absolute atomic E-state index is 0.280. The number of hydrogen-bond acceptors (Lipinski definition) is 5. The molecule has 0 bridgehead atoms. The number of nitrogens with one attached hydrogen (secondary N) is 2. The molecule has 0 spiro atoms. The Bertz CT molecular complexity index is 689. The Morgan fingerprint density at radius 1 is 1.21 bits per heavy atom. The molecule has 1 aromatic carbocycles. The molecule has 24 heavy (non-hydrogen) atoms. The van der Waals surface area contributed by atoms with Gasteiger partial charge in [-0.2, -0.15) is 4.98 Å². The lowest BCUT2D eigenvalue weighted by molar-refractivity contribution is -0.127. The Balaban J connectivity index is 1.52. The molecule has 1 saturated heterocycles. The van der Waals surface area contributed by atoms with Crippen LogP contribution >= 0.6 is 0 Å². The van der Waals surface area contributed by atoms with E-state index in [-0.39, 0.29) is 5.91 Å². The number of carbonyl (C=O) groups is 1. The number of likely N-dealkylation sites (tertiary alicyclic amines) is 1. The summed E-state index contributed by atoms with van der Waals surface area (Å²) in [5.41, 5.74) is 1.86. The van der Waals surface area contributed by atoms with Crippen LogP contribution in [0.5, 0.6) is 0 Å². The zero-order valence-corrected chi connectivity index (χ0v) is 14.0. The number of nitrogens with zero attached hydrogens (tertiary/aromatic N) is 3. The average molecular weight is 325 g/mol. The molecule has 2 heterocycles. The van der Waals surface area contributed by atoms with Crippen LogP contribution in [0.3, 0.4) is 0 Å². The molecular weight excluding hydrogens is 302 g/mol. The number of anilines is 3. The van der Waals surface area contributed by atoms with Crippen molar-refractivity contribution < 1.29 is 4.79 Å². The number of hydrogen-bond donors (Lipinski definition) is 2. The van der Waals surface area contributed by atoms with Crippen molar-refractivity contribution in [1.29, 1.82) is 0 Å². The first kappa shape index (κ1) is 16.2. The maximum Gasteiger partial charge on any atom is 0.229 e. The fraction of sp³-hybridized carbons (Fsp3) is 0.389. The van der Waals surface area contributed by atoms with Crippen molar-refractivity contribution in [2.45, 2.75) is 26.2 Å². The lowest BCUT2D eigenvalue weighted by Crippen LogP contribution is -2.27. The van der Waals surface area contributed by atoms with Gasteiger partial charge in [0.05, 0.1) is 0 Å². The standard InChI is InChI=1S/C18H23N5O/c1-14-13-16(19-10-6-12-23-11-5-9-17(23)24)22-18(20-14)21-15-7-3-2-4-8-15/h2-4,7-8,13H,5-6,9-12H2,1H3,(H2,19,20,21,22). The second-order valence-electron chi connectivity index (χ2n) is 5.97. The number of aromatic nitrogens is 2. The third kappa shape index (κ3) is 4.44. The highest BCUT2D eigenvalue weighted by Crippen LogP contribution is 2.15. The van der Waals surface area contributed by atoms with Crippen LogP contribution in [0, 0.1) is 6.92 Å². The summed E-state index contributed by atoms with van der Waals surface area (Å²) in [5, 5.41) is 6.53. The van der Waals surface area contributed by atoms with Gasteiger partial charge in [-0.15, -0.1) is 0 Å². The molecule has 0 aliphatic carbocycles. The Kier molecular flexibility index (Phi) is 5.25. The van der Waals surface area contributed by atoms with Crippen molar-refractivity contribution in [2.75, 3.05) is 30.3 Å². The second-order valence-corrected chi connectivity index (χ2v) is 5.97. The van der Waals surface area contributed by atoms with Gasteiger partial charge in [0.1, 0.15) is 5.82 Å². The molecule has 6 nitrogen and oxygen atoms in total. The molecule has 1 aliphatic rings. The first-order valence-corrected chi connectivity index (χ1v) is 8.40. The summed E-state index contributed by atoms with van der Waals surface area (Å²) in [6.45, 7) is 4.44. The highest BCUT2D eigenvalue weighted by molar-refractivity contribution is 5.78. The zero-order chi connectivity index (χ0) is 16.8. The predicted octanol–water partition coefficient (Wildman–Crippen LogP) is 2.95. The van der Waals surface area contributed by atoms with Crippen molar-refractivity contribution in [2.24, 2.45) is 0 Å². The number of para-hydroxylation sites is 1. The highest BCUT2D eigenvalue weighted by Gasteiger charge is 2.18. The van der Waals surface area contributed by atoms with Gasteiger partial charge >= 0.3 is 0 Å². The van der Waals surface area contributed by atoms with Gasteiger partial charge in [-0.3, -0.25) is 4.79 Å². The van der Waals surface area contributed by atoms with Crippen LogP contribution in [0.1, 0.15) is 25.0 Å². The van der Waals surface area contributed by atoms with Crippen molar-refractivity contribution in [3.05, 3.63) is 42.1 Å². The molecule has 1 fully saturated rings.